The third-order valence-corrected chi connectivity index (χ3v) is 5.44. The number of aliphatic hydroxyl groups is 2. The van der Waals surface area contributed by atoms with E-state index in [4.69, 9.17) is 38.8 Å². The Hall–Kier alpha value is -2.36. The van der Waals surface area contributed by atoms with Crippen LogP contribution in [0.25, 0.3) is 0 Å². The molecule has 0 aliphatic rings. The molecule has 0 spiro atoms. The average Bonchev–Trinajstić information content (AvgIpc) is 2.80. The number of hydrogen-bond donors (Lipinski definition) is 5. The first kappa shape index (κ1) is 26.9. The van der Waals surface area contributed by atoms with Crippen LogP contribution in [-0.2, 0) is 20.7 Å². The highest BCUT2D eigenvalue weighted by Gasteiger charge is 2.17. The first-order chi connectivity index (χ1) is 15.8. The molecule has 10 heteroatoms. The van der Waals surface area contributed by atoms with Gasteiger partial charge in [-0.3, -0.25) is 9.59 Å². The van der Waals surface area contributed by atoms with E-state index in [-0.39, 0.29) is 19.6 Å². The van der Waals surface area contributed by atoms with Gasteiger partial charge in [0.15, 0.2) is 0 Å². The molecule has 1 amide bonds. The summed E-state index contributed by atoms with van der Waals surface area (Å²) in [5.74, 6) is -0.961. The average molecular weight is 498 g/mol. The van der Waals surface area contributed by atoms with E-state index in [2.05, 4.69) is 10.6 Å². The van der Waals surface area contributed by atoms with Crippen LogP contribution in [0.5, 0.6) is 0 Å². The maximum absolute atomic E-state index is 12.3. The molecule has 180 valence electrons. The normalized spacial score (nSPS) is 12.6. The van der Waals surface area contributed by atoms with Crippen molar-refractivity contribution in [3.8, 4) is 0 Å². The number of benzene rings is 2. The molecule has 6 N–H and O–H groups in total. The fourth-order valence-corrected chi connectivity index (χ4v) is 3.44. The number of nitrogens with one attached hydrogen (secondary N) is 2. The minimum absolute atomic E-state index is 0.0350. The lowest BCUT2D eigenvalue weighted by molar-refractivity contribution is -0.144. The number of esters is 1. The Kier molecular flexibility index (Phi) is 11.4. The van der Waals surface area contributed by atoms with Crippen molar-refractivity contribution in [3.05, 3.63) is 58.1 Å². The molecular weight excluding hydrogens is 469 g/mol. The van der Waals surface area contributed by atoms with E-state index in [1.165, 1.54) is 0 Å². The van der Waals surface area contributed by atoms with E-state index < -0.39 is 24.0 Å². The van der Waals surface area contributed by atoms with Gasteiger partial charge in [-0.25, -0.2) is 0 Å². The molecule has 0 radical (unpaired) electrons. The minimum Gasteiger partial charge on any atom is -0.463 e. The highest BCUT2D eigenvalue weighted by atomic mass is 35.5. The summed E-state index contributed by atoms with van der Waals surface area (Å²) in [5.41, 5.74) is 7.66. The maximum Gasteiger partial charge on any atom is 0.310 e. The number of hydrogen-bond acceptors (Lipinski definition) is 7. The van der Waals surface area contributed by atoms with E-state index in [0.717, 1.165) is 0 Å². The van der Waals surface area contributed by atoms with Crippen LogP contribution in [-0.4, -0.2) is 54.0 Å². The van der Waals surface area contributed by atoms with E-state index in [9.17, 15) is 14.7 Å². The zero-order valence-electron chi connectivity index (χ0n) is 18.1. The van der Waals surface area contributed by atoms with E-state index in [0.29, 0.717) is 52.8 Å². The lowest BCUT2D eigenvalue weighted by Gasteiger charge is -2.15. The molecule has 33 heavy (non-hydrogen) atoms. The molecule has 2 rings (SSSR count). The number of aliphatic hydroxyl groups excluding tert-OH is 2. The van der Waals surface area contributed by atoms with Crippen molar-refractivity contribution >= 4 is 46.5 Å². The molecule has 0 aliphatic heterocycles. The summed E-state index contributed by atoms with van der Waals surface area (Å²) in [6.45, 7) is -0.154. The molecule has 2 aromatic rings. The summed E-state index contributed by atoms with van der Waals surface area (Å²) < 4.78 is 5.19. The van der Waals surface area contributed by atoms with Gasteiger partial charge in [-0.2, -0.15) is 0 Å². The van der Waals surface area contributed by atoms with Crippen LogP contribution in [0.4, 0.5) is 11.4 Å². The van der Waals surface area contributed by atoms with Gasteiger partial charge in [0.1, 0.15) is 12.6 Å². The zero-order valence-corrected chi connectivity index (χ0v) is 19.6. The third kappa shape index (κ3) is 9.19. The third-order valence-electron chi connectivity index (χ3n) is 4.81. The van der Waals surface area contributed by atoms with Crippen LogP contribution in [0.1, 0.15) is 24.8 Å². The Morgan fingerprint density at radius 2 is 1.76 bits per heavy atom. The Bertz CT molecular complexity index is 908. The molecular formula is C23H29Cl2N3O5. The summed E-state index contributed by atoms with van der Waals surface area (Å²) in [6, 6.07) is 11.3. The molecule has 0 fully saturated rings. The van der Waals surface area contributed by atoms with Crippen LogP contribution >= 0.6 is 23.2 Å². The molecule has 0 bridgehead atoms. The van der Waals surface area contributed by atoms with Crippen LogP contribution < -0.4 is 16.4 Å². The van der Waals surface area contributed by atoms with Crippen molar-refractivity contribution in [1.82, 2.24) is 5.32 Å². The molecule has 0 aromatic heterocycles. The van der Waals surface area contributed by atoms with Gasteiger partial charge in [-0.15, -0.1) is 0 Å². The second kappa shape index (κ2) is 14.0. The van der Waals surface area contributed by atoms with E-state index in [1.807, 2.05) is 6.07 Å². The highest BCUT2D eigenvalue weighted by Crippen LogP contribution is 2.33. The molecule has 0 saturated heterocycles. The molecule has 0 unspecified atom stereocenters. The molecule has 0 heterocycles. The first-order valence-electron chi connectivity index (χ1n) is 10.6. The van der Waals surface area contributed by atoms with E-state index >= 15 is 0 Å². The number of rotatable bonds is 13. The predicted octanol–water partition coefficient (Wildman–Crippen LogP) is 2.79. The van der Waals surface area contributed by atoms with Crippen molar-refractivity contribution in [2.45, 2.75) is 37.8 Å². The van der Waals surface area contributed by atoms with Crippen LogP contribution in [0.15, 0.2) is 42.5 Å². The van der Waals surface area contributed by atoms with Gasteiger partial charge in [-0.05, 0) is 43.0 Å². The molecule has 8 nitrogen and oxygen atoms in total. The Morgan fingerprint density at radius 1 is 1.06 bits per heavy atom. The largest absolute Gasteiger partial charge is 0.463 e. The van der Waals surface area contributed by atoms with Crippen molar-refractivity contribution < 1.29 is 24.5 Å². The van der Waals surface area contributed by atoms with Crippen molar-refractivity contribution in [3.63, 3.8) is 0 Å². The smallest absolute Gasteiger partial charge is 0.310 e. The zero-order chi connectivity index (χ0) is 24.2. The van der Waals surface area contributed by atoms with Gasteiger partial charge >= 0.3 is 5.97 Å². The van der Waals surface area contributed by atoms with Gasteiger partial charge in [-0.1, -0.05) is 47.5 Å². The van der Waals surface area contributed by atoms with Crippen LogP contribution in [0.2, 0.25) is 10.0 Å². The summed E-state index contributed by atoms with van der Waals surface area (Å²) >= 11 is 12.4. The number of para-hydroxylation sites is 2. The topological polar surface area (TPSA) is 134 Å². The summed E-state index contributed by atoms with van der Waals surface area (Å²) in [4.78, 5) is 24.4. The lowest BCUT2D eigenvalue weighted by Crippen LogP contribution is -2.44. The van der Waals surface area contributed by atoms with Crippen LogP contribution in [0, 0.1) is 0 Å². The minimum atomic E-state index is -0.993. The first-order valence-corrected chi connectivity index (χ1v) is 11.3. The molecule has 0 saturated carbocycles. The Balaban J connectivity index is 1.81. The van der Waals surface area contributed by atoms with Crippen LogP contribution in [0.3, 0.4) is 0 Å². The monoisotopic (exact) mass is 497 g/mol. The second-order valence-electron chi connectivity index (χ2n) is 7.47. The van der Waals surface area contributed by atoms with Crippen molar-refractivity contribution in [2.24, 2.45) is 5.73 Å². The van der Waals surface area contributed by atoms with Gasteiger partial charge in [0.05, 0.1) is 34.9 Å². The number of unbranched alkanes of at least 4 members (excludes halogenated alkanes) is 1. The second-order valence-corrected chi connectivity index (χ2v) is 8.28. The highest BCUT2D eigenvalue weighted by molar-refractivity contribution is 6.39. The Labute approximate surface area is 203 Å². The van der Waals surface area contributed by atoms with Crippen molar-refractivity contribution in [2.75, 3.05) is 25.1 Å². The molecule has 0 aliphatic carbocycles. The summed E-state index contributed by atoms with van der Waals surface area (Å²) in [5, 5.41) is 24.7. The van der Waals surface area contributed by atoms with Crippen molar-refractivity contribution in [1.29, 1.82) is 0 Å². The number of halogens is 2. The summed E-state index contributed by atoms with van der Waals surface area (Å²) in [6.07, 6.45) is 0.958. The lowest BCUT2D eigenvalue weighted by atomic mass is 10.1. The fraction of sp³-hybridized carbons (Fsp3) is 0.391. The van der Waals surface area contributed by atoms with Gasteiger partial charge in [0.2, 0.25) is 5.91 Å². The maximum atomic E-state index is 12.3. The Morgan fingerprint density at radius 3 is 2.45 bits per heavy atom. The number of carbonyl (C=O) groups is 2. The number of ether oxygens (including phenoxy) is 1. The predicted molar refractivity (Wildman–Crippen MR) is 129 cm³/mol. The van der Waals surface area contributed by atoms with Gasteiger partial charge in [0.25, 0.3) is 0 Å². The standard InChI is InChI=1S/C23H29Cl2N3O5/c24-17-8-5-9-18(25)22(17)28-20-10-2-1-6-15(20)12-21(31)33-14-19(26)23(32)27-11-4-3-7-16(30)13-29/h1-2,5-6,8-10,16,19,28-30H,3-4,7,11-14,26H2,(H,27,32)/t16-,19-/m0/s1. The number of anilines is 2. The number of amides is 1. The molecule has 2 atom stereocenters. The fourth-order valence-electron chi connectivity index (χ4n) is 2.95. The van der Waals surface area contributed by atoms with E-state index in [1.54, 1.807) is 36.4 Å². The number of nitrogens with two attached hydrogens (primary N) is 1. The quantitative estimate of drug-likeness (QED) is 0.212. The SMILES string of the molecule is N[C@@H](COC(=O)Cc1ccccc1Nc1c(Cl)cccc1Cl)C(=O)NCCCC[C@H](O)CO. The van der Waals surface area contributed by atoms with Gasteiger partial charge in [0, 0.05) is 12.2 Å². The number of carbonyl (C=O) groups excluding carboxylic acids is 2. The summed E-state index contributed by atoms with van der Waals surface area (Å²) in [7, 11) is 0. The van der Waals surface area contributed by atoms with Gasteiger partial charge < -0.3 is 31.3 Å². The molecule has 2 aromatic carbocycles.